The largest absolute Gasteiger partial charge is 0.472 e. The zero-order valence-electron chi connectivity index (χ0n) is 33.1. The van der Waals surface area contributed by atoms with Crippen LogP contribution in [-0.2, 0) is 25.5 Å². The first-order valence-electron chi connectivity index (χ1n) is 18.1. The van der Waals surface area contributed by atoms with Crippen LogP contribution < -0.4 is 11.1 Å². The number of nitrogens with one attached hydrogen (secondary N) is 1. The predicted molar refractivity (Wildman–Crippen MR) is 221 cm³/mol. The van der Waals surface area contributed by atoms with Crippen LogP contribution in [0.4, 0.5) is 0 Å². The zero-order chi connectivity index (χ0) is 44.2. The first kappa shape index (κ1) is 47.5. The Balaban J connectivity index is 0.000000215. The number of oxazole rings is 3. The second kappa shape index (κ2) is 21.9. The van der Waals surface area contributed by atoms with E-state index in [-0.39, 0.29) is 59.8 Å². The van der Waals surface area contributed by atoms with E-state index in [0.29, 0.717) is 46.5 Å². The monoisotopic (exact) mass is 893 g/mol. The van der Waals surface area contributed by atoms with Crippen molar-refractivity contribution in [2.24, 2.45) is 5.73 Å². The number of nitrogens with zero attached hydrogens (tertiary/aromatic N) is 3. The van der Waals surface area contributed by atoms with E-state index in [1.165, 1.54) is 31.1 Å². The Kier molecular flexibility index (Phi) is 16.8. The third-order valence-electron chi connectivity index (χ3n) is 7.95. The molecule has 0 aliphatic rings. The second-order valence-electron chi connectivity index (χ2n) is 12.4. The van der Waals surface area contributed by atoms with Gasteiger partial charge in [0.1, 0.15) is 35.6 Å². The highest BCUT2D eigenvalue weighted by atomic mass is 35.5. The van der Waals surface area contributed by atoms with Gasteiger partial charge in [-0.3, -0.25) is 14.4 Å². The third kappa shape index (κ3) is 12.2. The molecule has 326 valence electrons. The van der Waals surface area contributed by atoms with E-state index < -0.39 is 35.6 Å². The van der Waals surface area contributed by atoms with E-state index in [1.807, 2.05) is 6.07 Å². The zero-order valence-corrected chi connectivity index (χ0v) is 34.6. The molecule has 6 heterocycles. The van der Waals surface area contributed by atoms with E-state index in [4.69, 9.17) is 64.9 Å². The van der Waals surface area contributed by atoms with Crippen LogP contribution in [0.1, 0.15) is 76.2 Å². The SMILES string of the molecule is C.CCOC(=O)c1oc(C)nc1-c1ccoc1.CCOC(=O)c1oc(C)nc1-c1coc(Cl)c1.Cc1nc(-c2coc(Cl)c2)c(C(=O)NC(Cc2ccccc2)C(=O)C(N)=O)o1. The standard InChI is InChI=1S/C19H16ClN3O5.C11H10ClNO4.C11H11NO4.CH4/c1-10-22-15(12-8-14(20)27-9-12)17(28-10)19(26)23-13(16(24)18(21)25)7-11-5-3-2-4-6-11;1-3-15-11(14)10-9(13-6(2)17-10)7-4-8(12)16-5-7;1-3-15-11(13)10-9(12-7(2)16-10)8-4-5-14-6-8;/h2-6,8-9,13H,7H2,1H3,(H2,21,25)(H,23,26);4-5H,3H2,1-2H3;4-6H,3H2,1-2H3;1H4. The van der Waals surface area contributed by atoms with E-state index in [9.17, 15) is 24.0 Å². The van der Waals surface area contributed by atoms with Gasteiger partial charge >= 0.3 is 11.9 Å². The summed E-state index contributed by atoms with van der Waals surface area (Å²) < 4.78 is 40.5. The number of carbonyl (C=O) groups is 5. The second-order valence-corrected chi connectivity index (χ2v) is 13.2. The molecule has 7 rings (SSSR count). The van der Waals surface area contributed by atoms with Crippen molar-refractivity contribution in [3.8, 4) is 33.8 Å². The van der Waals surface area contributed by atoms with Gasteiger partial charge in [0.15, 0.2) is 28.1 Å². The molecular formula is C42H41Cl2N5O13. The van der Waals surface area contributed by atoms with Crippen molar-refractivity contribution >= 4 is 52.7 Å². The summed E-state index contributed by atoms with van der Waals surface area (Å²) in [5.74, 6) is -2.79. The first-order valence-corrected chi connectivity index (χ1v) is 18.9. The lowest BCUT2D eigenvalue weighted by molar-refractivity contribution is -0.137. The Labute approximate surface area is 363 Å². The summed E-state index contributed by atoms with van der Waals surface area (Å²) in [6.45, 7) is 8.90. The number of Topliss-reactive ketones (excluding diaryl/α,β-unsaturated/α-hetero) is 1. The molecule has 0 bridgehead atoms. The molecule has 1 aromatic carbocycles. The Morgan fingerprint density at radius 1 is 0.694 bits per heavy atom. The van der Waals surface area contributed by atoms with Gasteiger partial charge in [0.05, 0.1) is 25.7 Å². The van der Waals surface area contributed by atoms with Crippen LogP contribution in [0.5, 0.6) is 0 Å². The predicted octanol–water partition coefficient (Wildman–Crippen LogP) is 8.42. The molecule has 6 aromatic heterocycles. The van der Waals surface area contributed by atoms with Crippen molar-refractivity contribution in [3.05, 3.63) is 125 Å². The topological polar surface area (TPSA) is 259 Å². The van der Waals surface area contributed by atoms with Crippen molar-refractivity contribution in [1.82, 2.24) is 20.3 Å². The average Bonchev–Trinajstić information content (AvgIpc) is 4.09. The Morgan fingerprint density at radius 2 is 1.16 bits per heavy atom. The fourth-order valence-electron chi connectivity index (χ4n) is 5.41. The summed E-state index contributed by atoms with van der Waals surface area (Å²) in [6.07, 6.45) is 5.83. The minimum Gasteiger partial charge on any atom is -0.472 e. The summed E-state index contributed by atoms with van der Waals surface area (Å²) in [5.41, 5.74) is 8.61. The van der Waals surface area contributed by atoms with Crippen molar-refractivity contribution < 1.29 is 59.9 Å². The van der Waals surface area contributed by atoms with Gasteiger partial charge in [0.2, 0.25) is 23.1 Å². The number of hydrogen-bond donors (Lipinski definition) is 2. The molecule has 3 N–H and O–H groups in total. The molecule has 0 saturated carbocycles. The van der Waals surface area contributed by atoms with Crippen molar-refractivity contribution in [1.29, 1.82) is 0 Å². The minimum absolute atomic E-state index is 0. The third-order valence-corrected chi connectivity index (χ3v) is 8.35. The molecule has 20 heteroatoms. The number of aromatic nitrogens is 3. The number of primary amides is 1. The number of halogens is 2. The minimum atomic E-state index is -1.15. The van der Waals surface area contributed by atoms with Gasteiger partial charge in [-0.1, -0.05) is 37.8 Å². The van der Waals surface area contributed by atoms with E-state index in [0.717, 1.165) is 5.56 Å². The summed E-state index contributed by atoms with van der Waals surface area (Å²) in [5, 5.41) is 2.84. The highest BCUT2D eigenvalue weighted by molar-refractivity contribution is 6.38. The van der Waals surface area contributed by atoms with Gasteiger partial charge in [-0.25, -0.2) is 24.5 Å². The number of rotatable bonds is 13. The number of nitrogens with two attached hydrogens (primary N) is 1. The number of aryl methyl sites for hydroxylation is 3. The molecule has 0 saturated heterocycles. The maximum atomic E-state index is 12.8. The van der Waals surface area contributed by atoms with Gasteiger partial charge in [-0.05, 0) is 48.7 Å². The molecular weight excluding hydrogens is 853 g/mol. The molecule has 62 heavy (non-hydrogen) atoms. The smallest absolute Gasteiger partial charge is 0.376 e. The maximum absolute atomic E-state index is 12.8. The fourth-order valence-corrected chi connectivity index (χ4v) is 5.74. The van der Waals surface area contributed by atoms with Crippen LogP contribution in [0, 0.1) is 20.8 Å². The van der Waals surface area contributed by atoms with Crippen LogP contribution in [0.2, 0.25) is 10.4 Å². The van der Waals surface area contributed by atoms with Crippen LogP contribution in [-0.4, -0.2) is 63.7 Å². The van der Waals surface area contributed by atoms with Crippen molar-refractivity contribution in [2.75, 3.05) is 13.2 Å². The summed E-state index contributed by atoms with van der Waals surface area (Å²) >= 11 is 11.4. The molecule has 0 fully saturated rings. The average molecular weight is 895 g/mol. The van der Waals surface area contributed by atoms with Gasteiger partial charge in [-0.2, -0.15) is 0 Å². The first-order chi connectivity index (χ1) is 29.2. The molecule has 2 amide bonds. The van der Waals surface area contributed by atoms with Gasteiger partial charge < -0.3 is 47.0 Å². The molecule has 1 unspecified atom stereocenters. The maximum Gasteiger partial charge on any atom is 0.376 e. The number of ketones is 1. The Bertz CT molecular complexity index is 2600. The molecule has 0 aliphatic carbocycles. The lowest BCUT2D eigenvalue weighted by Crippen LogP contribution is -2.47. The molecule has 0 spiro atoms. The number of amides is 2. The van der Waals surface area contributed by atoms with Crippen molar-refractivity contribution in [2.45, 2.75) is 54.5 Å². The summed E-state index contributed by atoms with van der Waals surface area (Å²) in [4.78, 5) is 72.0. The highest BCUT2D eigenvalue weighted by Crippen LogP contribution is 2.30. The number of esters is 2. The van der Waals surface area contributed by atoms with E-state index in [1.54, 1.807) is 71.0 Å². The summed E-state index contributed by atoms with van der Waals surface area (Å²) in [7, 11) is 0. The van der Waals surface area contributed by atoms with Crippen LogP contribution in [0.15, 0.2) is 100 Å². The molecule has 1 atom stereocenters. The number of furan rings is 3. The Hall–Kier alpha value is -7.18. The van der Waals surface area contributed by atoms with Crippen LogP contribution >= 0.6 is 23.2 Å². The molecule has 7 aromatic rings. The lowest BCUT2D eigenvalue weighted by Gasteiger charge is -2.15. The quantitative estimate of drug-likeness (QED) is 0.0813. The fraction of sp³-hybridized carbons (Fsp3) is 0.238. The van der Waals surface area contributed by atoms with Crippen LogP contribution in [0.25, 0.3) is 33.8 Å². The van der Waals surface area contributed by atoms with Crippen LogP contribution in [0.3, 0.4) is 0 Å². The normalized spacial score (nSPS) is 10.9. The number of benzene rings is 1. The van der Waals surface area contributed by atoms with Gasteiger partial charge in [-0.15, -0.1) is 0 Å². The van der Waals surface area contributed by atoms with E-state index in [2.05, 4.69) is 20.3 Å². The lowest BCUT2D eigenvalue weighted by atomic mass is 10.0. The summed E-state index contributed by atoms with van der Waals surface area (Å²) in [6, 6.07) is 12.5. The number of ether oxygens (including phenoxy) is 2. The molecule has 18 nitrogen and oxygen atoms in total. The van der Waals surface area contributed by atoms with Gasteiger partial charge in [0.25, 0.3) is 11.8 Å². The molecule has 0 radical (unpaired) electrons. The van der Waals surface area contributed by atoms with E-state index >= 15 is 0 Å². The van der Waals surface area contributed by atoms with Crippen molar-refractivity contribution in [3.63, 3.8) is 0 Å². The number of carbonyl (C=O) groups excluding carboxylic acids is 5. The highest BCUT2D eigenvalue weighted by Gasteiger charge is 2.30. The number of hydrogen-bond acceptors (Lipinski definition) is 16. The Morgan fingerprint density at radius 3 is 1.58 bits per heavy atom. The van der Waals surface area contributed by atoms with Gasteiger partial charge in [0, 0.05) is 56.0 Å². The molecule has 0 aliphatic heterocycles.